The van der Waals surface area contributed by atoms with E-state index in [2.05, 4.69) is 16.8 Å². The summed E-state index contributed by atoms with van der Waals surface area (Å²) in [5.41, 5.74) is 3.03. The zero-order chi connectivity index (χ0) is 35.6. The minimum atomic E-state index is -4.11. The Labute approximate surface area is 298 Å². The highest BCUT2D eigenvalue weighted by molar-refractivity contribution is 7.92. The van der Waals surface area contributed by atoms with Gasteiger partial charge < -0.3 is 9.42 Å². The number of amides is 2. The van der Waals surface area contributed by atoms with Crippen LogP contribution in [0.4, 0.5) is 5.82 Å². The van der Waals surface area contributed by atoms with Gasteiger partial charge in [0, 0.05) is 41.7 Å². The molecule has 0 atom stereocenters. The van der Waals surface area contributed by atoms with Gasteiger partial charge in [-0.25, -0.2) is 8.42 Å². The summed E-state index contributed by atoms with van der Waals surface area (Å²) < 4.78 is 35.5. The van der Waals surface area contributed by atoms with Crippen LogP contribution in [0.3, 0.4) is 0 Å². The van der Waals surface area contributed by atoms with Crippen molar-refractivity contribution in [3.63, 3.8) is 0 Å². The van der Waals surface area contributed by atoms with Crippen molar-refractivity contribution in [1.29, 1.82) is 0 Å². The number of amidine groups is 1. The first-order valence-corrected chi connectivity index (χ1v) is 18.9. The molecule has 0 bridgehead atoms. The molecule has 0 radical (unpaired) electrons. The molecule has 1 aromatic heterocycles. The van der Waals surface area contributed by atoms with Crippen molar-refractivity contribution >= 4 is 45.1 Å². The summed E-state index contributed by atoms with van der Waals surface area (Å²) in [5, 5.41) is 4.35. The minimum Gasteiger partial charge on any atom is -0.359 e. The number of nitrogens with zero attached hydrogens (tertiary/aromatic N) is 4. The lowest BCUT2D eigenvalue weighted by Crippen LogP contribution is -2.40. The number of sulfonamides is 1. The Balaban J connectivity index is 1.39. The highest BCUT2D eigenvalue weighted by Crippen LogP contribution is 2.40. The fourth-order valence-corrected chi connectivity index (χ4v) is 8.28. The molecule has 1 spiro atoms. The number of aliphatic imine (C=N–C) groups is 1. The van der Waals surface area contributed by atoms with Crippen molar-refractivity contribution in [3.8, 4) is 11.1 Å². The molecular weight excluding hydrogens is 674 g/mol. The average Bonchev–Trinajstić information content (AvgIpc) is 3.78. The summed E-state index contributed by atoms with van der Waals surface area (Å²) in [5.74, 6) is 1.28. The van der Waals surface area contributed by atoms with Crippen molar-refractivity contribution in [1.82, 2.24) is 15.0 Å². The summed E-state index contributed by atoms with van der Waals surface area (Å²) in [7, 11) is -2.41. The Morgan fingerprint density at radius 2 is 1.80 bits per heavy atom. The highest BCUT2D eigenvalue weighted by Gasteiger charge is 2.49. The number of halogens is 1. The van der Waals surface area contributed by atoms with E-state index in [1.807, 2.05) is 23.1 Å². The zero-order valence-corrected chi connectivity index (χ0v) is 30.4. The molecule has 2 amide bonds. The van der Waals surface area contributed by atoms with Gasteiger partial charge in [-0.3, -0.25) is 24.2 Å². The first-order valence-electron chi connectivity index (χ1n) is 17.0. The van der Waals surface area contributed by atoms with Crippen molar-refractivity contribution in [2.24, 2.45) is 4.99 Å². The molecule has 2 aliphatic rings. The number of hydrogen-bond acceptors (Lipinski definition) is 7. The number of nitrogens with one attached hydrogen (secondary N) is 1. The maximum Gasteiger partial charge on any atom is 0.263 e. The van der Waals surface area contributed by atoms with Crippen LogP contribution in [0.1, 0.15) is 84.7 Å². The monoisotopic (exact) mass is 715 g/mol. The molecule has 1 saturated carbocycles. The van der Waals surface area contributed by atoms with Crippen LogP contribution in [0.25, 0.3) is 11.1 Å². The van der Waals surface area contributed by atoms with E-state index in [-0.39, 0.29) is 29.1 Å². The number of aryl methyl sites for hydroxylation is 1. The van der Waals surface area contributed by atoms with Crippen LogP contribution in [0.5, 0.6) is 0 Å². The molecule has 0 unspecified atom stereocenters. The fourth-order valence-electron chi connectivity index (χ4n) is 6.81. The van der Waals surface area contributed by atoms with Gasteiger partial charge in [0.2, 0.25) is 0 Å². The predicted molar refractivity (Wildman–Crippen MR) is 195 cm³/mol. The zero-order valence-electron chi connectivity index (χ0n) is 28.8. The van der Waals surface area contributed by atoms with Crippen molar-refractivity contribution < 1.29 is 22.5 Å². The molecule has 50 heavy (non-hydrogen) atoms. The standard InChI is InChI=1S/C38H42ClN5O5S/c1-5-6-16-34-40-38(19-9-10-20-38)37(46)44(34)23-27-17-18-31(29(21-27)24-43(4)36(45)28-12-11-13-30(39)22-28)32-14-7-8-15-33(32)50(47,48)42-35-25(2)26(3)49-41-35/h7-8,11-15,17-18,21-22H,5-6,9-10,16,19-20,23-24H2,1-4H3,(H,41,42). The van der Waals surface area contributed by atoms with Crippen LogP contribution in [-0.2, 0) is 27.9 Å². The van der Waals surface area contributed by atoms with Crippen LogP contribution in [0.15, 0.2) is 81.1 Å². The van der Waals surface area contributed by atoms with Gasteiger partial charge in [-0.15, -0.1) is 0 Å². The second-order valence-electron chi connectivity index (χ2n) is 13.2. The second kappa shape index (κ2) is 14.4. The number of carbonyl (C=O) groups excluding carboxylic acids is 2. The van der Waals surface area contributed by atoms with Gasteiger partial charge in [-0.05, 0) is 74.1 Å². The van der Waals surface area contributed by atoms with Crippen LogP contribution >= 0.6 is 11.6 Å². The van der Waals surface area contributed by atoms with E-state index >= 15 is 0 Å². The largest absolute Gasteiger partial charge is 0.359 e. The average molecular weight is 716 g/mol. The second-order valence-corrected chi connectivity index (χ2v) is 15.3. The molecule has 3 aromatic carbocycles. The molecule has 6 rings (SSSR count). The highest BCUT2D eigenvalue weighted by atomic mass is 35.5. The topological polar surface area (TPSA) is 125 Å². The third kappa shape index (κ3) is 7.07. The van der Waals surface area contributed by atoms with E-state index in [1.165, 1.54) is 0 Å². The number of rotatable bonds is 12. The fraction of sp³-hybridized carbons (Fsp3) is 0.368. The molecule has 1 fully saturated rings. The van der Waals surface area contributed by atoms with Gasteiger partial charge in [0.1, 0.15) is 17.1 Å². The maximum absolute atomic E-state index is 13.9. The van der Waals surface area contributed by atoms with E-state index in [0.717, 1.165) is 56.3 Å². The van der Waals surface area contributed by atoms with Gasteiger partial charge >= 0.3 is 0 Å². The van der Waals surface area contributed by atoms with Gasteiger partial charge in [0.15, 0.2) is 5.82 Å². The minimum absolute atomic E-state index is 0.0461. The molecular formula is C38H42ClN5O5S. The van der Waals surface area contributed by atoms with E-state index in [1.54, 1.807) is 74.3 Å². The van der Waals surface area contributed by atoms with Gasteiger partial charge in [-0.1, -0.05) is 85.4 Å². The molecule has 10 nitrogen and oxygen atoms in total. The molecule has 0 saturated heterocycles. The molecule has 1 aliphatic carbocycles. The van der Waals surface area contributed by atoms with Crippen LogP contribution < -0.4 is 4.72 Å². The van der Waals surface area contributed by atoms with E-state index in [9.17, 15) is 18.0 Å². The lowest BCUT2D eigenvalue weighted by Gasteiger charge is -2.24. The molecule has 1 N–H and O–H groups in total. The number of aromatic nitrogens is 1. The van der Waals surface area contributed by atoms with Crippen LogP contribution in [-0.4, -0.2) is 53.6 Å². The summed E-state index contributed by atoms with van der Waals surface area (Å²) in [6.07, 6.45) is 6.18. The molecule has 12 heteroatoms. The summed E-state index contributed by atoms with van der Waals surface area (Å²) in [6, 6.07) is 19.2. The smallest absolute Gasteiger partial charge is 0.263 e. The van der Waals surface area contributed by atoms with E-state index < -0.39 is 15.6 Å². The Morgan fingerprint density at radius 1 is 1.04 bits per heavy atom. The number of carbonyl (C=O) groups is 2. The third-order valence-corrected chi connectivity index (χ3v) is 11.3. The van der Waals surface area contributed by atoms with E-state index in [4.69, 9.17) is 21.1 Å². The molecule has 1 aliphatic heterocycles. The third-order valence-electron chi connectivity index (χ3n) is 9.67. The lowest BCUT2D eigenvalue weighted by molar-refractivity contribution is -0.131. The normalized spacial score (nSPS) is 15.5. The van der Waals surface area contributed by atoms with Crippen molar-refractivity contribution in [3.05, 3.63) is 99.8 Å². The number of anilines is 1. The quantitative estimate of drug-likeness (QED) is 0.159. The van der Waals surface area contributed by atoms with Gasteiger partial charge in [0.05, 0.1) is 11.4 Å². The molecule has 4 aromatic rings. The van der Waals surface area contributed by atoms with Gasteiger partial charge in [0.25, 0.3) is 21.8 Å². The summed E-state index contributed by atoms with van der Waals surface area (Å²) >= 11 is 6.20. The Bertz CT molecular complexity index is 2070. The van der Waals surface area contributed by atoms with E-state index in [0.29, 0.717) is 45.1 Å². The number of unbranched alkanes of at least 4 members (excludes halogenated alkanes) is 1. The Hall–Kier alpha value is -4.48. The first kappa shape index (κ1) is 35.3. The van der Waals surface area contributed by atoms with Crippen LogP contribution in [0, 0.1) is 13.8 Å². The summed E-state index contributed by atoms with van der Waals surface area (Å²) in [6.45, 7) is 6.06. The lowest BCUT2D eigenvalue weighted by atomic mass is 9.95. The first-order chi connectivity index (χ1) is 23.9. The maximum atomic E-state index is 13.9. The number of hydrogen-bond donors (Lipinski definition) is 1. The number of benzene rings is 3. The van der Waals surface area contributed by atoms with Crippen LogP contribution in [0.2, 0.25) is 5.02 Å². The predicted octanol–water partition coefficient (Wildman–Crippen LogP) is 7.93. The Kier molecular flexibility index (Phi) is 10.2. The van der Waals surface area contributed by atoms with Crippen molar-refractivity contribution in [2.75, 3.05) is 11.8 Å². The summed E-state index contributed by atoms with van der Waals surface area (Å²) in [4.78, 5) is 36.0. The van der Waals surface area contributed by atoms with Crippen molar-refractivity contribution in [2.45, 2.75) is 89.2 Å². The molecule has 2 heterocycles. The SMILES string of the molecule is CCCCC1=NC2(CCCC2)C(=O)N1Cc1ccc(-c2ccccc2S(=O)(=O)Nc2noc(C)c2C)c(CN(C)C(=O)c2cccc(Cl)c2)c1. The molecule has 262 valence electrons. The Morgan fingerprint density at radius 3 is 2.50 bits per heavy atom. The van der Waals surface area contributed by atoms with Gasteiger partial charge in [-0.2, -0.15) is 0 Å².